The van der Waals surface area contributed by atoms with Gasteiger partial charge in [0.2, 0.25) is 0 Å². The lowest BCUT2D eigenvalue weighted by Gasteiger charge is -2.44. The molecule has 78 valence electrons. The minimum absolute atomic E-state index is 0.292. The summed E-state index contributed by atoms with van der Waals surface area (Å²) < 4.78 is 5.56. The Kier molecular flexibility index (Phi) is 1.93. The molecule has 3 heteroatoms. The van der Waals surface area contributed by atoms with E-state index >= 15 is 0 Å². The van der Waals surface area contributed by atoms with Crippen LogP contribution in [0.25, 0.3) is 0 Å². The summed E-state index contributed by atoms with van der Waals surface area (Å²) in [6.07, 6.45) is 2.86. The maximum atomic E-state index is 10.5. The van der Waals surface area contributed by atoms with Gasteiger partial charge in [0.25, 0.3) is 0 Å². The van der Waals surface area contributed by atoms with E-state index < -0.39 is 11.0 Å². The maximum absolute atomic E-state index is 10.5. The highest BCUT2D eigenvalue weighted by molar-refractivity contribution is 5.21. The van der Waals surface area contributed by atoms with Gasteiger partial charge in [-0.05, 0) is 26.7 Å². The zero-order valence-electron chi connectivity index (χ0n) is 8.84. The van der Waals surface area contributed by atoms with E-state index in [9.17, 15) is 5.11 Å². The van der Waals surface area contributed by atoms with Gasteiger partial charge in [-0.2, -0.15) is 5.26 Å². The van der Waals surface area contributed by atoms with Crippen molar-refractivity contribution in [1.82, 2.24) is 0 Å². The van der Waals surface area contributed by atoms with Gasteiger partial charge in [-0.3, -0.25) is 0 Å². The van der Waals surface area contributed by atoms with E-state index in [1.807, 2.05) is 13.8 Å². The minimum atomic E-state index is -0.816. The highest BCUT2D eigenvalue weighted by Gasteiger charge is 2.61. The van der Waals surface area contributed by atoms with E-state index in [2.05, 4.69) is 6.07 Å². The van der Waals surface area contributed by atoms with Crippen LogP contribution >= 0.6 is 0 Å². The van der Waals surface area contributed by atoms with Crippen LogP contribution in [0.4, 0.5) is 0 Å². The molecule has 1 heterocycles. The standard InChI is InChI=1S/C11H17NO2/c1-9(2)7-11(13,5-6-14-9)10(8-12)3-4-10/h13H,3-7H2,1-2H3. The number of rotatable bonds is 1. The van der Waals surface area contributed by atoms with Crippen LogP contribution in [0.2, 0.25) is 0 Å². The molecule has 1 saturated heterocycles. The monoisotopic (exact) mass is 195 g/mol. The van der Waals surface area contributed by atoms with Crippen LogP contribution in [0.5, 0.6) is 0 Å². The van der Waals surface area contributed by atoms with Crippen LogP contribution < -0.4 is 0 Å². The Hall–Kier alpha value is -0.590. The molecule has 1 N–H and O–H groups in total. The third-order valence-corrected chi connectivity index (χ3v) is 3.58. The summed E-state index contributed by atoms with van der Waals surface area (Å²) in [5.74, 6) is 0. The average Bonchev–Trinajstić information content (AvgIpc) is 2.81. The van der Waals surface area contributed by atoms with E-state index in [0.717, 1.165) is 12.8 Å². The molecule has 0 aromatic heterocycles. The molecule has 1 atom stereocenters. The summed E-state index contributed by atoms with van der Waals surface area (Å²) >= 11 is 0. The smallest absolute Gasteiger partial charge is 0.0882 e. The predicted octanol–water partition coefficient (Wildman–Crippen LogP) is 1.61. The number of nitriles is 1. The van der Waals surface area contributed by atoms with Crippen molar-refractivity contribution >= 4 is 0 Å². The van der Waals surface area contributed by atoms with E-state index in [0.29, 0.717) is 19.4 Å². The Morgan fingerprint density at radius 2 is 1.93 bits per heavy atom. The lowest BCUT2D eigenvalue weighted by Crippen LogP contribution is -2.51. The number of nitrogens with zero attached hydrogens (tertiary/aromatic N) is 1. The van der Waals surface area contributed by atoms with Gasteiger partial charge < -0.3 is 9.84 Å². The first-order chi connectivity index (χ1) is 6.43. The van der Waals surface area contributed by atoms with E-state index in [4.69, 9.17) is 10.00 Å². The fourth-order valence-electron chi connectivity index (χ4n) is 2.55. The third-order valence-electron chi connectivity index (χ3n) is 3.58. The van der Waals surface area contributed by atoms with Crippen LogP contribution in [-0.2, 0) is 4.74 Å². The van der Waals surface area contributed by atoms with Gasteiger partial charge in [0.15, 0.2) is 0 Å². The van der Waals surface area contributed by atoms with Crippen molar-refractivity contribution in [3.8, 4) is 6.07 Å². The molecule has 2 rings (SSSR count). The summed E-state index contributed by atoms with van der Waals surface area (Å²) in [6, 6.07) is 2.29. The molecule has 0 radical (unpaired) electrons. The summed E-state index contributed by atoms with van der Waals surface area (Å²) in [5, 5.41) is 19.6. The van der Waals surface area contributed by atoms with Gasteiger partial charge in [0, 0.05) is 12.8 Å². The van der Waals surface area contributed by atoms with Crippen LogP contribution in [-0.4, -0.2) is 22.9 Å². The Balaban J connectivity index is 2.21. The first kappa shape index (κ1) is 9.95. The van der Waals surface area contributed by atoms with Crippen molar-refractivity contribution < 1.29 is 9.84 Å². The summed E-state index contributed by atoms with van der Waals surface area (Å²) in [4.78, 5) is 0. The molecule has 1 aliphatic heterocycles. The van der Waals surface area contributed by atoms with Gasteiger partial charge in [-0.1, -0.05) is 0 Å². The number of hydrogen-bond donors (Lipinski definition) is 1. The molecule has 2 fully saturated rings. The second kappa shape index (κ2) is 2.71. The average molecular weight is 195 g/mol. The van der Waals surface area contributed by atoms with Crippen LogP contribution in [0.15, 0.2) is 0 Å². The van der Waals surface area contributed by atoms with Crippen molar-refractivity contribution in [2.75, 3.05) is 6.61 Å². The lowest BCUT2D eigenvalue weighted by molar-refractivity contribution is -0.163. The maximum Gasteiger partial charge on any atom is 0.0882 e. The van der Waals surface area contributed by atoms with Crippen molar-refractivity contribution in [1.29, 1.82) is 5.26 Å². The second-order valence-electron chi connectivity index (χ2n) is 5.26. The molecular formula is C11H17NO2. The van der Waals surface area contributed by atoms with Gasteiger partial charge in [0.05, 0.1) is 29.3 Å². The fraction of sp³-hybridized carbons (Fsp3) is 0.909. The Morgan fingerprint density at radius 3 is 2.36 bits per heavy atom. The van der Waals surface area contributed by atoms with Crippen molar-refractivity contribution in [3.63, 3.8) is 0 Å². The SMILES string of the molecule is CC1(C)CC(O)(C2(C#N)CC2)CCO1. The summed E-state index contributed by atoms with van der Waals surface area (Å²) in [6.45, 7) is 4.52. The molecular weight excluding hydrogens is 178 g/mol. The highest BCUT2D eigenvalue weighted by Crippen LogP contribution is 2.58. The lowest BCUT2D eigenvalue weighted by atomic mass is 9.74. The largest absolute Gasteiger partial charge is 0.388 e. The van der Waals surface area contributed by atoms with Crippen LogP contribution in [0.3, 0.4) is 0 Å². The van der Waals surface area contributed by atoms with Crippen LogP contribution in [0.1, 0.15) is 39.5 Å². The van der Waals surface area contributed by atoms with Gasteiger partial charge in [-0.15, -0.1) is 0 Å². The summed E-state index contributed by atoms with van der Waals surface area (Å²) in [5.41, 5.74) is -1.57. The molecule has 0 spiro atoms. The number of ether oxygens (including phenoxy) is 1. The molecule has 1 saturated carbocycles. The molecule has 1 aliphatic carbocycles. The highest BCUT2D eigenvalue weighted by atomic mass is 16.5. The molecule has 2 aliphatic rings. The summed E-state index contributed by atoms with van der Waals surface area (Å²) in [7, 11) is 0. The predicted molar refractivity (Wildman–Crippen MR) is 51.5 cm³/mol. The van der Waals surface area contributed by atoms with Gasteiger partial charge in [-0.25, -0.2) is 0 Å². The van der Waals surface area contributed by atoms with Gasteiger partial charge >= 0.3 is 0 Å². The quantitative estimate of drug-likeness (QED) is 0.691. The zero-order chi connectivity index (χ0) is 10.4. The molecule has 3 nitrogen and oxygen atoms in total. The van der Waals surface area contributed by atoms with Crippen LogP contribution in [0, 0.1) is 16.7 Å². The van der Waals surface area contributed by atoms with E-state index in [1.165, 1.54) is 0 Å². The number of hydrogen-bond acceptors (Lipinski definition) is 3. The fourth-order valence-corrected chi connectivity index (χ4v) is 2.55. The number of aliphatic hydroxyl groups is 1. The Morgan fingerprint density at radius 1 is 1.29 bits per heavy atom. The van der Waals surface area contributed by atoms with Gasteiger partial charge in [0.1, 0.15) is 0 Å². The second-order valence-corrected chi connectivity index (χ2v) is 5.26. The normalized spacial score (nSPS) is 38.7. The van der Waals surface area contributed by atoms with Crippen molar-refractivity contribution in [3.05, 3.63) is 0 Å². The molecule has 0 amide bonds. The molecule has 14 heavy (non-hydrogen) atoms. The minimum Gasteiger partial charge on any atom is -0.388 e. The van der Waals surface area contributed by atoms with Crippen molar-refractivity contribution in [2.45, 2.75) is 50.7 Å². The molecule has 1 unspecified atom stereocenters. The first-order valence-electron chi connectivity index (χ1n) is 5.21. The third kappa shape index (κ3) is 1.34. The molecule has 0 aromatic carbocycles. The molecule has 0 bridgehead atoms. The van der Waals surface area contributed by atoms with Crippen molar-refractivity contribution in [2.24, 2.45) is 5.41 Å². The van der Waals surface area contributed by atoms with E-state index in [-0.39, 0.29) is 5.60 Å². The topological polar surface area (TPSA) is 53.2 Å². The Labute approximate surface area is 84.7 Å². The Bertz CT molecular complexity index is 288. The molecule has 0 aromatic rings. The van der Waals surface area contributed by atoms with E-state index in [1.54, 1.807) is 0 Å². The zero-order valence-corrected chi connectivity index (χ0v) is 8.84. The first-order valence-corrected chi connectivity index (χ1v) is 5.21.